The van der Waals surface area contributed by atoms with Gasteiger partial charge in [0.1, 0.15) is 5.82 Å². The molecule has 2 aromatic rings. The van der Waals surface area contributed by atoms with Crippen LogP contribution in [0, 0.1) is 12.3 Å². The number of nitrogens with one attached hydrogen (secondary N) is 1. The molecule has 1 N–H and O–H groups in total. The highest BCUT2D eigenvalue weighted by molar-refractivity contribution is 5.95. The number of likely N-dealkylation sites (N-methyl/N-ethyl adjacent to an activating group) is 1. The van der Waals surface area contributed by atoms with Gasteiger partial charge in [-0.1, -0.05) is 59.2 Å². The minimum absolute atomic E-state index is 0.0104. The summed E-state index contributed by atoms with van der Waals surface area (Å²) >= 11 is 0. The van der Waals surface area contributed by atoms with Gasteiger partial charge in [0, 0.05) is 23.4 Å². The molecule has 6 nitrogen and oxygen atoms in total. The van der Waals surface area contributed by atoms with E-state index < -0.39 is 5.41 Å². The molecule has 0 aliphatic rings. The number of carbonyl (C=O) groups is 2. The molecule has 2 amide bonds. The summed E-state index contributed by atoms with van der Waals surface area (Å²) < 4.78 is 1.75. The van der Waals surface area contributed by atoms with Crippen LogP contribution in [0.3, 0.4) is 0 Å². The van der Waals surface area contributed by atoms with E-state index in [0.717, 1.165) is 16.9 Å². The molecule has 0 aliphatic carbocycles. The van der Waals surface area contributed by atoms with E-state index in [0.29, 0.717) is 12.4 Å². The van der Waals surface area contributed by atoms with Crippen molar-refractivity contribution in [1.29, 1.82) is 0 Å². The van der Waals surface area contributed by atoms with Crippen molar-refractivity contribution in [3.63, 3.8) is 0 Å². The normalized spacial score (nSPS) is 12.0. The molecular formula is C23H34N4O2. The van der Waals surface area contributed by atoms with Crippen molar-refractivity contribution in [1.82, 2.24) is 14.7 Å². The Kier molecular flexibility index (Phi) is 6.56. The predicted octanol–water partition coefficient (Wildman–Crippen LogP) is 4.31. The Morgan fingerprint density at radius 3 is 2.14 bits per heavy atom. The van der Waals surface area contributed by atoms with Gasteiger partial charge in [0.2, 0.25) is 11.8 Å². The van der Waals surface area contributed by atoms with Gasteiger partial charge in [-0.3, -0.25) is 9.59 Å². The molecule has 1 aromatic heterocycles. The lowest BCUT2D eigenvalue weighted by molar-refractivity contribution is -0.141. The van der Waals surface area contributed by atoms with Crippen LogP contribution in [0.2, 0.25) is 0 Å². The number of anilines is 1. The number of rotatable bonds is 5. The molecule has 1 heterocycles. The van der Waals surface area contributed by atoms with Crippen molar-refractivity contribution in [2.24, 2.45) is 5.41 Å². The second-order valence-electron chi connectivity index (χ2n) is 9.53. The third-order valence-electron chi connectivity index (χ3n) is 4.67. The van der Waals surface area contributed by atoms with Crippen molar-refractivity contribution in [2.75, 3.05) is 18.4 Å². The van der Waals surface area contributed by atoms with E-state index in [1.807, 2.05) is 65.0 Å². The molecule has 0 bridgehead atoms. The fourth-order valence-corrected chi connectivity index (χ4v) is 2.88. The van der Waals surface area contributed by atoms with Crippen molar-refractivity contribution in [2.45, 2.75) is 60.8 Å². The van der Waals surface area contributed by atoms with Crippen LogP contribution >= 0.6 is 0 Å². The number of aromatic nitrogens is 2. The van der Waals surface area contributed by atoms with Crippen LogP contribution in [0.1, 0.15) is 59.7 Å². The zero-order valence-electron chi connectivity index (χ0n) is 19.0. The van der Waals surface area contributed by atoms with Gasteiger partial charge in [0.15, 0.2) is 0 Å². The summed E-state index contributed by atoms with van der Waals surface area (Å²) in [6, 6.07) is 9.89. The Bertz CT molecular complexity index is 868. The van der Waals surface area contributed by atoms with E-state index in [-0.39, 0.29) is 23.8 Å². The van der Waals surface area contributed by atoms with Crippen LogP contribution in [0.15, 0.2) is 30.3 Å². The Morgan fingerprint density at radius 2 is 1.66 bits per heavy atom. The van der Waals surface area contributed by atoms with Gasteiger partial charge in [-0.05, 0) is 26.0 Å². The average molecular weight is 399 g/mol. The van der Waals surface area contributed by atoms with Crippen LogP contribution in [-0.2, 0) is 15.0 Å². The standard InChI is InChI=1S/C23H34N4O2/c1-9-26(21(29)23(6,7)8)15-20(28)24-19-14-18(22(3,4)5)25-27(19)17-12-10-16(2)11-13-17/h10-14H,9,15H2,1-8H3,(H,24,28). The molecule has 0 spiro atoms. The molecule has 2 rings (SSSR count). The fraction of sp³-hybridized carbons (Fsp3) is 0.522. The number of carbonyl (C=O) groups excluding carboxylic acids is 2. The highest BCUT2D eigenvalue weighted by Crippen LogP contribution is 2.26. The molecule has 158 valence electrons. The third kappa shape index (κ3) is 5.68. The number of hydrogen-bond acceptors (Lipinski definition) is 3. The van der Waals surface area contributed by atoms with Gasteiger partial charge >= 0.3 is 0 Å². The molecule has 0 aliphatic heterocycles. The first-order valence-corrected chi connectivity index (χ1v) is 10.1. The average Bonchev–Trinajstić information content (AvgIpc) is 3.03. The van der Waals surface area contributed by atoms with Crippen molar-refractivity contribution in [3.8, 4) is 5.69 Å². The summed E-state index contributed by atoms with van der Waals surface area (Å²) in [6.07, 6.45) is 0. The summed E-state index contributed by atoms with van der Waals surface area (Å²) in [5, 5.41) is 7.68. The van der Waals surface area contributed by atoms with E-state index >= 15 is 0 Å². The number of hydrogen-bond donors (Lipinski definition) is 1. The van der Waals surface area contributed by atoms with Crippen LogP contribution < -0.4 is 5.32 Å². The molecule has 1 aromatic carbocycles. The maximum Gasteiger partial charge on any atom is 0.245 e. The predicted molar refractivity (Wildman–Crippen MR) is 117 cm³/mol. The van der Waals surface area contributed by atoms with E-state index in [1.54, 1.807) is 9.58 Å². The molecular weight excluding hydrogens is 364 g/mol. The van der Waals surface area contributed by atoms with Gasteiger partial charge in [-0.15, -0.1) is 0 Å². The van der Waals surface area contributed by atoms with Crippen LogP contribution in [0.4, 0.5) is 5.82 Å². The molecule has 0 radical (unpaired) electrons. The third-order valence-corrected chi connectivity index (χ3v) is 4.67. The lowest BCUT2D eigenvalue weighted by Gasteiger charge is -2.28. The molecule has 29 heavy (non-hydrogen) atoms. The van der Waals surface area contributed by atoms with E-state index in [1.165, 1.54) is 0 Å². The van der Waals surface area contributed by atoms with Gasteiger partial charge < -0.3 is 10.2 Å². The first-order chi connectivity index (χ1) is 13.3. The molecule has 0 fully saturated rings. The van der Waals surface area contributed by atoms with Gasteiger partial charge in [-0.2, -0.15) is 5.10 Å². The van der Waals surface area contributed by atoms with Crippen LogP contribution in [0.25, 0.3) is 5.69 Å². The maximum absolute atomic E-state index is 12.8. The topological polar surface area (TPSA) is 67.2 Å². The number of benzene rings is 1. The molecule has 0 saturated carbocycles. The Balaban J connectivity index is 2.31. The molecule has 0 saturated heterocycles. The fourth-order valence-electron chi connectivity index (χ4n) is 2.88. The van der Waals surface area contributed by atoms with Gasteiger partial charge in [0.25, 0.3) is 0 Å². The maximum atomic E-state index is 12.8. The molecule has 0 unspecified atom stereocenters. The Labute approximate surface area is 174 Å². The summed E-state index contributed by atoms with van der Waals surface area (Å²) in [4.78, 5) is 26.9. The zero-order chi connectivity index (χ0) is 22.0. The van der Waals surface area contributed by atoms with Crippen LogP contribution in [0.5, 0.6) is 0 Å². The number of amides is 2. The minimum Gasteiger partial charge on any atom is -0.333 e. The number of aryl methyl sites for hydroxylation is 1. The van der Waals surface area contributed by atoms with Crippen molar-refractivity contribution < 1.29 is 9.59 Å². The van der Waals surface area contributed by atoms with E-state index in [2.05, 4.69) is 26.1 Å². The monoisotopic (exact) mass is 398 g/mol. The number of nitrogens with zero attached hydrogens (tertiary/aromatic N) is 3. The van der Waals surface area contributed by atoms with Gasteiger partial charge in [0.05, 0.1) is 17.9 Å². The molecule has 6 heteroatoms. The second kappa shape index (κ2) is 8.39. The second-order valence-corrected chi connectivity index (χ2v) is 9.53. The molecule has 0 atom stereocenters. The summed E-state index contributed by atoms with van der Waals surface area (Å²) in [6.45, 7) is 16.2. The van der Waals surface area contributed by atoms with Crippen LogP contribution in [-0.4, -0.2) is 39.6 Å². The zero-order valence-corrected chi connectivity index (χ0v) is 19.0. The summed E-state index contributed by atoms with van der Waals surface area (Å²) in [5.74, 6) is 0.318. The van der Waals surface area contributed by atoms with E-state index in [4.69, 9.17) is 5.10 Å². The van der Waals surface area contributed by atoms with Gasteiger partial charge in [-0.25, -0.2) is 4.68 Å². The lowest BCUT2D eigenvalue weighted by Crippen LogP contribution is -2.43. The Morgan fingerprint density at radius 1 is 1.07 bits per heavy atom. The highest BCUT2D eigenvalue weighted by atomic mass is 16.2. The summed E-state index contributed by atoms with van der Waals surface area (Å²) in [7, 11) is 0. The van der Waals surface area contributed by atoms with E-state index in [9.17, 15) is 9.59 Å². The SMILES string of the molecule is CCN(CC(=O)Nc1cc(C(C)(C)C)nn1-c1ccc(C)cc1)C(=O)C(C)(C)C. The largest absolute Gasteiger partial charge is 0.333 e. The first-order valence-electron chi connectivity index (χ1n) is 10.1. The Hall–Kier alpha value is -2.63. The highest BCUT2D eigenvalue weighted by Gasteiger charge is 2.28. The quantitative estimate of drug-likeness (QED) is 0.816. The van der Waals surface area contributed by atoms with Crippen molar-refractivity contribution in [3.05, 3.63) is 41.6 Å². The van der Waals surface area contributed by atoms with Crippen molar-refractivity contribution >= 4 is 17.6 Å². The summed E-state index contributed by atoms with van der Waals surface area (Å²) in [5.41, 5.74) is 2.22. The smallest absolute Gasteiger partial charge is 0.245 e. The lowest BCUT2D eigenvalue weighted by atomic mass is 9.92. The minimum atomic E-state index is -0.528. The first kappa shape index (κ1) is 22.7.